The second-order valence-electron chi connectivity index (χ2n) is 3.17. The standard InChI is InChI=1S/C9H6ClNO4S/c10-8(12)5-11-9(13)6-3-1-2-4-7(6)16(11,14)15/h1-4H,5H2. The third kappa shape index (κ3) is 1.50. The van der Waals surface area contributed by atoms with Crippen molar-refractivity contribution in [2.24, 2.45) is 0 Å². The van der Waals surface area contributed by atoms with Crippen LogP contribution in [0.3, 0.4) is 0 Å². The molecule has 0 N–H and O–H groups in total. The van der Waals surface area contributed by atoms with Gasteiger partial charge in [-0.15, -0.1) is 0 Å². The fourth-order valence-electron chi connectivity index (χ4n) is 1.50. The zero-order valence-corrected chi connectivity index (χ0v) is 9.46. The molecule has 7 heteroatoms. The monoisotopic (exact) mass is 259 g/mol. The van der Waals surface area contributed by atoms with Gasteiger partial charge in [-0.25, -0.2) is 12.7 Å². The molecule has 1 aliphatic rings. The Morgan fingerprint density at radius 1 is 1.31 bits per heavy atom. The molecule has 0 unspecified atom stereocenters. The van der Waals surface area contributed by atoms with Gasteiger partial charge in [0.15, 0.2) is 0 Å². The minimum absolute atomic E-state index is 0.0698. The SMILES string of the molecule is O=C(Cl)CN1C(=O)c2ccccc2S1(=O)=O. The Morgan fingerprint density at radius 3 is 2.50 bits per heavy atom. The normalized spacial score (nSPS) is 17.3. The lowest BCUT2D eigenvalue weighted by molar-refractivity contribution is -0.111. The van der Waals surface area contributed by atoms with Gasteiger partial charge in [0.1, 0.15) is 11.4 Å². The van der Waals surface area contributed by atoms with Crippen LogP contribution in [0.1, 0.15) is 10.4 Å². The molecular formula is C9H6ClNO4S. The number of benzene rings is 1. The van der Waals surface area contributed by atoms with Crippen molar-refractivity contribution >= 4 is 32.8 Å². The molecule has 16 heavy (non-hydrogen) atoms. The van der Waals surface area contributed by atoms with Crippen LogP contribution in [-0.4, -0.2) is 30.4 Å². The Labute approximate surface area is 96.7 Å². The Balaban J connectivity index is 2.58. The van der Waals surface area contributed by atoms with E-state index in [0.29, 0.717) is 4.31 Å². The van der Waals surface area contributed by atoms with Crippen molar-refractivity contribution in [2.45, 2.75) is 4.90 Å². The number of fused-ring (bicyclic) bond motifs is 1. The summed E-state index contributed by atoms with van der Waals surface area (Å²) in [5.41, 5.74) is 0.0698. The molecule has 0 saturated carbocycles. The molecule has 1 aromatic carbocycles. The van der Waals surface area contributed by atoms with Crippen molar-refractivity contribution in [2.75, 3.05) is 6.54 Å². The summed E-state index contributed by atoms with van der Waals surface area (Å²) in [6.45, 7) is -0.641. The molecule has 0 aromatic heterocycles. The number of rotatable bonds is 2. The highest BCUT2D eigenvalue weighted by Crippen LogP contribution is 2.29. The van der Waals surface area contributed by atoms with E-state index >= 15 is 0 Å². The predicted molar refractivity (Wildman–Crippen MR) is 55.5 cm³/mol. The summed E-state index contributed by atoms with van der Waals surface area (Å²) in [4.78, 5) is 22.3. The molecule has 1 heterocycles. The van der Waals surface area contributed by atoms with E-state index in [-0.39, 0.29) is 10.5 Å². The molecular weight excluding hydrogens is 254 g/mol. The van der Waals surface area contributed by atoms with Crippen LogP contribution >= 0.6 is 11.6 Å². The van der Waals surface area contributed by atoms with Gasteiger partial charge in [-0.3, -0.25) is 9.59 Å². The quantitative estimate of drug-likeness (QED) is 0.729. The molecule has 0 saturated heterocycles. The summed E-state index contributed by atoms with van der Waals surface area (Å²) in [5, 5.41) is -0.898. The molecule has 0 atom stereocenters. The first-order valence-electron chi connectivity index (χ1n) is 4.29. The zero-order valence-electron chi connectivity index (χ0n) is 7.88. The number of hydrogen-bond acceptors (Lipinski definition) is 4. The second-order valence-corrected chi connectivity index (χ2v) is 5.42. The Kier molecular flexibility index (Phi) is 2.47. The van der Waals surface area contributed by atoms with Crippen LogP contribution in [0.15, 0.2) is 29.2 Å². The molecule has 0 bridgehead atoms. The van der Waals surface area contributed by atoms with Crippen LogP contribution in [0.5, 0.6) is 0 Å². The van der Waals surface area contributed by atoms with E-state index in [4.69, 9.17) is 11.6 Å². The smallest absolute Gasteiger partial charge is 0.269 e. The molecule has 84 valence electrons. The number of carbonyl (C=O) groups is 2. The molecule has 0 spiro atoms. The van der Waals surface area contributed by atoms with E-state index in [9.17, 15) is 18.0 Å². The number of amides is 1. The van der Waals surface area contributed by atoms with Gasteiger partial charge in [-0.1, -0.05) is 12.1 Å². The highest BCUT2D eigenvalue weighted by molar-refractivity contribution is 7.90. The van der Waals surface area contributed by atoms with Crippen LogP contribution < -0.4 is 0 Å². The maximum atomic E-state index is 11.8. The summed E-state index contributed by atoms with van der Waals surface area (Å²) in [6, 6.07) is 5.78. The van der Waals surface area contributed by atoms with E-state index in [1.165, 1.54) is 18.2 Å². The van der Waals surface area contributed by atoms with Crippen LogP contribution in [0.4, 0.5) is 0 Å². The fourth-order valence-corrected chi connectivity index (χ4v) is 3.22. The number of hydrogen-bond donors (Lipinski definition) is 0. The topological polar surface area (TPSA) is 71.5 Å². The molecule has 1 aromatic rings. The largest absolute Gasteiger partial charge is 0.279 e. The van der Waals surface area contributed by atoms with Gasteiger partial charge in [-0.2, -0.15) is 0 Å². The first-order chi connectivity index (χ1) is 7.44. The van der Waals surface area contributed by atoms with Crippen molar-refractivity contribution in [3.63, 3.8) is 0 Å². The minimum Gasteiger partial charge on any atom is -0.279 e. The summed E-state index contributed by atoms with van der Waals surface area (Å²) >= 11 is 5.10. The van der Waals surface area contributed by atoms with Crippen LogP contribution in [0, 0.1) is 0 Å². The van der Waals surface area contributed by atoms with Gasteiger partial charge in [0.2, 0.25) is 5.24 Å². The van der Waals surface area contributed by atoms with Crippen LogP contribution in [0.2, 0.25) is 0 Å². The van der Waals surface area contributed by atoms with Gasteiger partial charge in [0, 0.05) is 0 Å². The van der Waals surface area contributed by atoms with Crippen molar-refractivity contribution in [1.82, 2.24) is 4.31 Å². The van der Waals surface area contributed by atoms with Gasteiger partial charge in [-0.05, 0) is 23.7 Å². The van der Waals surface area contributed by atoms with E-state index < -0.39 is 27.7 Å². The van der Waals surface area contributed by atoms with E-state index in [1.54, 1.807) is 6.07 Å². The van der Waals surface area contributed by atoms with Crippen molar-refractivity contribution in [1.29, 1.82) is 0 Å². The first-order valence-corrected chi connectivity index (χ1v) is 6.11. The summed E-state index contributed by atoms with van der Waals surface area (Å²) in [6.07, 6.45) is 0. The molecule has 0 fully saturated rings. The molecule has 5 nitrogen and oxygen atoms in total. The second kappa shape index (κ2) is 3.57. The fraction of sp³-hybridized carbons (Fsp3) is 0.111. The van der Waals surface area contributed by atoms with Gasteiger partial charge in [0.05, 0.1) is 5.56 Å². The van der Waals surface area contributed by atoms with Crippen LogP contribution in [-0.2, 0) is 14.8 Å². The third-order valence-electron chi connectivity index (χ3n) is 2.18. The molecule has 0 aliphatic carbocycles. The van der Waals surface area contributed by atoms with Crippen LogP contribution in [0.25, 0.3) is 0 Å². The molecule has 2 rings (SSSR count). The number of sulfonamides is 1. The lowest BCUT2D eigenvalue weighted by atomic mass is 10.2. The van der Waals surface area contributed by atoms with Gasteiger partial charge in [0.25, 0.3) is 15.9 Å². The highest BCUT2D eigenvalue weighted by atomic mass is 35.5. The average Bonchev–Trinajstić information content (AvgIpc) is 2.41. The summed E-state index contributed by atoms with van der Waals surface area (Å²) in [5.74, 6) is -0.718. The first kappa shape index (κ1) is 11.1. The number of carbonyl (C=O) groups excluding carboxylic acids is 2. The van der Waals surface area contributed by atoms with E-state index in [1.807, 2.05) is 0 Å². The third-order valence-corrected chi connectivity index (χ3v) is 4.09. The Morgan fingerprint density at radius 2 is 1.94 bits per heavy atom. The van der Waals surface area contributed by atoms with Gasteiger partial charge < -0.3 is 0 Å². The maximum absolute atomic E-state index is 11.8. The Bertz CT molecular complexity index is 581. The van der Waals surface area contributed by atoms with Crippen molar-refractivity contribution in [3.05, 3.63) is 29.8 Å². The van der Waals surface area contributed by atoms with Crippen molar-refractivity contribution < 1.29 is 18.0 Å². The van der Waals surface area contributed by atoms with E-state index in [2.05, 4.69) is 0 Å². The average molecular weight is 260 g/mol. The highest BCUT2D eigenvalue weighted by Gasteiger charge is 2.41. The Hall–Kier alpha value is -1.40. The molecule has 1 amide bonds. The summed E-state index contributed by atoms with van der Waals surface area (Å²) < 4.78 is 24.1. The molecule has 0 radical (unpaired) electrons. The number of halogens is 1. The predicted octanol–water partition coefficient (Wildman–Crippen LogP) is 0.597. The molecule has 1 aliphatic heterocycles. The minimum atomic E-state index is -3.91. The lowest BCUT2D eigenvalue weighted by Gasteiger charge is -2.11. The number of nitrogens with zero attached hydrogens (tertiary/aromatic N) is 1. The maximum Gasteiger partial charge on any atom is 0.269 e. The van der Waals surface area contributed by atoms with Crippen molar-refractivity contribution in [3.8, 4) is 0 Å². The zero-order chi connectivity index (χ0) is 11.9. The lowest BCUT2D eigenvalue weighted by Crippen LogP contribution is -2.33. The van der Waals surface area contributed by atoms with E-state index in [0.717, 1.165) is 0 Å². The van der Waals surface area contributed by atoms with Gasteiger partial charge >= 0.3 is 0 Å². The summed E-state index contributed by atoms with van der Waals surface area (Å²) in [7, 11) is -3.91.